The lowest BCUT2D eigenvalue weighted by Crippen LogP contribution is -2.26. The van der Waals surface area contributed by atoms with Gasteiger partial charge in [0.25, 0.3) is 0 Å². The topological polar surface area (TPSA) is 3.24 Å². The Kier molecular flexibility index (Phi) is 3.33. The molecule has 0 saturated heterocycles. The van der Waals surface area contributed by atoms with Crippen molar-refractivity contribution < 1.29 is 0 Å². The lowest BCUT2D eigenvalue weighted by atomic mass is 10.1. The quantitative estimate of drug-likeness (QED) is 0.647. The van der Waals surface area contributed by atoms with E-state index in [1.807, 2.05) is 0 Å². The fourth-order valence-corrected chi connectivity index (χ4v) is 2.32. The van der Waals surface area contributed by atoms with Crippen LogP contribution in [0.2, 0.25) is 0 Å². The normalized spacial score (nSPS) is 29.1. The standard InChI is InChI=1S/C15H21N/c1-4-16-11-13(3)8-9-14-7-5-6-12(2)10-15(14)16/h5-10,12-13H,4,11H2,1-3H3. The van der Waals surface area contributed by atoms with Crippen LogP contribution in [0.4, 0.5) is 0 Å². The molecule has 0 amide bonds. The Labute approximate surface area is 98.8 Å². The highest BCUT2D eigenvalue weighted by Gasteiger charge is 2.17. The molecule has 1 aliphatic carbocycles. The minimum absolute atomic E-state index is 0.527. The number of nitrogens with zero attached hydrogens (tertiary/aromatic N) is 1. The van der Waals surface area contributed by atoms with E-state index in [2.05, 4.69) is 62.1 Å². The van der Waals surface area contributed by atoms with Gasteiger partial charge in [0.15, 0.2) is 0 Å². The second-order valence-electron chi connectivity index (χ2n) is 4.79. The van der Waals surface area contributed by atoms with E-state index in [1.165, 1.54) is 11.3 Å². The van der Waals surface area contributed by atoms with Gasteiger partial charge < -0.3 is 4.90 Å². The Bertz CT molecular complexity index is 371. The molecule has 16 heavy (non-hydrogen) atoms. The van der Waals surface area contributed by atoms with E-state index >= 15 is 0 Å². The van der Waals surface area contributed by atoms with E-state index < -0.39 is 0 Å². The molecule has 86 valence electrons. The molecular formula is C15H21N. The summed E-state index contributed by atoms with van der Waals surface area (Å²) in [6, 6.07) is 0. The summed E-state index contributed by atoms with van der Waals surface area (Å²) in [5.74, 6) is 1.16. The number of likely N-dealkylation sites (N-methyl/N-ethyl adjacent to an activating group) is 1. The van der Waals surface area contributed by atoms with Crippen LogP contribution in [-0.4, -0.2) is 18.0 Å². The van der Waals surface area contributed by atoms with Gasteiger partial charge in [0.1, 0.15) is 0 Å². The second kappa shape index (κ2) is 4.73. The molecule has 1 aliphatic heterocycles. The van der Waals surface area contributed by atoms with Crippen molar-refractivity contribution in [2.45, 2.75) is 20.8 Å². The predicted molar refractivity (Wildman–Crippen MR) is 70.0 cm³/mol. The summed E-state index contributed by atoms with van der Waals surface area (Å²) in [5, 5.41) is 0. The van der Waals surface area contributed by atoms with Crippen LogP contribution in [0.1, 0.15) is 20.8 Å². The molecule has 1 heteroatoms. The summed E-state index contributed by atoms with van der Waals surface area (Å²) in [4.78, 5) is 2.49. The van der Waals surface area contributed by atoms with Crippen molar-refractivity contribution in [3.05, 3.63) is 47.7 Å². The van der Waals surface area contributed by atoms with E-state index in [0.29, 0.717) is 11.8 Å². The maximum absolute atomic E-state index is 2.49. The van der Waals surface area contributed by atoms with Crippen LogP contribution in [0.15, 0.2) is 47.7 Å². The van der Waals surface area contributed by atoms with E-state index in [0.717, 1.165) is 13.1 Å². The van der Waals surface area contributed by atoms with Crippen molar-refractivity contribution in [2.24, 2.45) is 11.8 Å². The van der Waals surface area contributed by atoms with Gasteiger partial charge in [-0.15, -0.1) is 0 Å². The largest absolute Gasteiger partial charge is 0.371 e. The van der Waals surface area contributed by atoms with Crippen LogP contribution >= 0.6 is 0 Å². The fourth-order valence-electron chi connectivity index (χ4n) is 2.32. The van der Waals surface area contributed by atoms with Gasteiger partial charge in [-0.25, -0.2) is 0 Å². The molecule has 0 bridgehead atoms. The molecule has 2 rings (SSSR count). The fraction of sp³-hybridized carbons (Fsp3) is 0.467. The van der Waals surface area contributed by atoms with Gasteiger partial charge in [-0.1, -0.05) is 50.3 Å². The number of hydrogen-bond donors (Lipinski definition) is 0. The molecule has 0 spiro atoms. The molecule has 0 N–H and O–H groups in total. The van der Waals surface area contributed by atoms with Crippen molar-refractivity contribution in [2.75, 3.05) is 13.1 Å². The maximum Gasteiger partial charge on any atom is 0.0405 e. The Morgan fingerprint density at radius 3 is 2.88 bits per heavy atom. The summed E-state index contributed by atoms with van der Waals surface area (Å²) in [6.07, 6.45) is 13.6. The Hall–Kier alpha value is -1.24. The highest BCUT2D eigenvalue weighted by Crippen LogP contribution is 2.26. The third kappa shape index (κ3) is 2.29. The monoisotopic (exact) mass is 215 g/mol. The highest BCUT2D eigenvalue weighted by molar-refractivity contribution is 5.44. The average Bonchev–Trinajstić information content (AvgIpc) is 2.52. The number of fused-ring (bicyclic) bond motifs is 1. The molecule has 2 atom stereocenters. The zero-order valence-corrected chi connectivity index (χ0v) is 10.5. The summed E-state index contributed by atoms with van der Waals surface area (Å²) in [7, 11) is 0. The van der Waals surface area contributed by atoms with Gasteiger partial charge in [-0.3, -0.25) is 0 Å². The molecule has 0 aromatic heterocycles. The minimum Gasteiger partial charge on any atom is -0.371 e. The van der Waals surface area contributed by atoms with Gasteiger partial charge in [-0.05, 0) is 24.3 Å². The van der Waals surface area contributed by atoms with E-state index in [-0.39, 0.29) is 0 Å². The molecular weight excluding hydrogens is 194 g/mol. The van der Waals surface area contributed by atoms with Crippen LogP contribution in [0.5, 0.6) is 0 Å². The summed E-state index contributed by atoms with van der Waals surface area (Å²) < 4.78 is 0. The lowest BCUT2D eigenvalue weighted by molar-refractivity contribution is 0.342. The summed E-state index contributed by atoms with van der Waals surface area (Å²) in [5.41, 5.74) is 2.76. The Morgan fingerprint density at radius 2 is 2.12 bits per heavy atom. The highest BCUT2D eigenvalue weighted by atomic mass is 15.1. The van der Waals surface area contributed by atoms with E-state index in [4.69, 9.17) is 0 Å². The van der Waals surface area contributed by atoms with E-state index in [9.17, 15) is 0 Å². The predicted octanol–water partition coefficient (Wildman–Crippen LogP) is 3.53. The third-order valence-corrected chi connectivity index (χ3v) is 3.24. The molecule has 0 radical (unpaired) electrons. The van der Waals surface area contributed by atoms with Crippen LogP contribution in [0.25, 0.3) is 0 Å². The molecule has 2 unspecified atom stereocenters. The van der Waals surface area contributed by atoms with Crippen LogP contribution in [0.3, 0.4) is 0 Å². The molecule has 0 saturated carbocycles. The number of allylic oxidation sites excluding steroid dienone is 5. The van der Waals surface area contributed by atoms with E-state index in [1.54, 1.807) is 0 Å². The molecule has 0 aromatic rings. The molecule has 0 aromatic carbocycles. The SMILES string of the molecule is CCN1CC(C)C=CC2=CC=CC(C)C=C21. The van der Waals surface area contributed by atoms with Crippen LogP contribution in [0, 0.1) is 11.8 Å². The van der Waals surface area contributed by atoms with Gasteiger partial charge in [0.05, 0.1) is 0 Å². The Balaban J connectivity index is 2.40. The van der Waals surface area contributed by atoms with Crippen LogP contribution < -0.4 is 0 Å². The smallest absolute Gasteiger partial charge is 0.0405 e. The van der Waals surface area contributed by atoms with Gasteiger partial charge >= 0.3 is 0 Å². The molecule has 1 heterocycles. The minimum atomic E-state index is 0.527. The van der Waals surface area contributed by atoms with Crippen molar-refractivity contribution in [3.8, 4) is 0 Å². The second-order valence-corrected chi connectivity index (χ2v) is 4.79. The summed E-state index contributed by atoms with van der Waals surface area (Å²) in [6.45, 7) is 8.97. The van der Waals surface area contributed by atoms with Crippen molar-refractivity contribution in [3.63, 3.8) is 0 Å². The lowest BCUT2D eigenvalue weighted by Gasteiger charge is -2.27. The zero-order chi connectivity index (χ0) is 11.5. The first kappa shape index (κ1) is 11.3. The number of hydrogen-bond acceptors (Lipinski definition) is 1. The first-order valence-corrected chi connectivity index (χ1v) is 6.24. The first-order chi connectivity index (χ1) is 7.70. The van der Waals surface area contributed by atoms with Crippen molar-refractivity contribution in [1.82, 2.24) is 4.90 Å². The van der Waals surface area contributed by atoms with Crippen molar-refractivity contribution in [1.29, 1.82) is 0 Å². The van der Waals surface area contributed by atoms with Crippen LogP contribution in [-0.2, 0) is 0 Å². The van der Waals surface area contributed by atoms with Gasteiger partial charge in [0.2, 0.25) is 0 Å². The number of rotatable bonds is 1. The van der Waals surface area contributed by atoms with Gasteiger partial charge in [0, 0.05) is 18.8 Å². The molecule has 0 fully saturated rings. The average molecular weight is 215 g/mol. The Morgan fingerprint density at radius 1 is 1.31 bits per heavy atom. The molecule has 1 nitrogen and oxygen atoms in total. The third-order valence-electron chi connectivity index (χ3n) is 3.24. The maximum atomic E-state index is 2.49. The molecule has 2 aliphatic rings. The van der Waals surface area contributed by atoms with Gasteiger partial charge in [-0.2, -0.15) is 0 Å². The summed E-state index contributed by atoms with van der Waals surface area (Å²) >= 11 is 0. The first-order valence-electron chi connectivity index (χ1n) is 6.24. The zero-order valence-electron chi connectivity index (χ0n) is 10.5. The van der Waals surface area contributed by atoms with Crippen molar-refractivity contribution >= 4 is 0 Å².